The maximum absolute atomic E-state index is 12.5. The Labute approximate surface area is 164 Å². The molecule has 3 rings (SSSR count). The van der Waals surface area contributed by atoms with Gasteiger partial charge in [-0.25, -0.2) is 0 Å². The molecule has 0 aliphatic carbocycles. The Morgan fingerprint density at radius 1 is 1.15 bits per heavy atom. The standard InChI is InChI=1S/C18H14Cl2N2O3S/c1-25-13-5-2-11(3-6-13)8-16-17(23)22(18(24)26-16)10-21-15-9-12(19)4-7-14(15)20/h2-9,21H,10H2,1H3/b16-8+. The minimum absolute atomic E-state index is 0.00464. The lowest BCUT2D eigenvalue weighted by atomic mass is 10.2. The molecule has 2 aromatic rings. The Bertz CT molecular complexity index is 885. The highest BCUT2D eigenvalue weighted by Crippen LogP contribution is 2.33. The number of methoxy groups -OCH3 is 1. The highest BCUT2D eigenvalue weighted by Gasteiger charge is 2.34. The van der Waals surface area contributed by atoms with Crippen LogP contribution in [0, 0.1) is 0 Å². The lowest BCUT2D eigenvalue weighted by Crippen LogP contribution is -2.33. The van der Waals surface area contributed by atoms with Crippen molar-refractivity contribution in [1.82, 2.24) is 4.90 Å². The topological polar surface area (TPSA) is 58.6 Å². The van der Waals surface area contributed by atoms with E-state index < -0.39 is 0 Å². The lowest BCUT2D eigenvalue weighted by molar-refractivity contribution is -0.122. The van der Waals surface area contributed by atoms with Crippen LogP contribution in [0.4, 0.5) is 10.5 Å². The number of hydrogen-bond acceptors (Lipinski definition) is 5. The van der Waals surface area contributed by atoms with Gasteiger partial charge in [0.2, 0.25) is 0 Å². The molecule has 1 fully saturated rings. The van der Waals surface area contributed by atoms with Gasteiger partial charge in [-0.3, -0.25) is 14.5 Å². The Balaban J connectivity index is 1.72. The number of imide groups is 1. The van der Waals surface area contributed by atoms with E-state index >= 15 is 0 Å². The van der Waals surface area contributed by atoms with Crippen LogP contribution in [-0.4, -0.2) is 29.8 Å². The number of anilines is 1. The van der Waals surface area contributed by atoms with Gasteiger partial charge in [-0.2, -0.15) is 0 Å². The fourth-order valence-corrected chi connectivity index (χ4v) is 3.48. The third-order valence-corrected chi connectivity index (χ3v) is 5.12. The van der Waals surface area contributed by atoms with Crippen LogP contribution < -0.4 is 10.1 Å². The van der Waals surface area contributed by atoms with Crippen molar-refractivity contribution in [3.8, 4) is 5.75 Å². The van der Waals surface area contributed by atoms with Crippen molar-refractivity contribution in [2.24, 2.45) is 0 Å². The summed E-state index contributed by atoms with van der Waals surface area (Å²) in [7, 11) is 1.58. The number of nitrogens with one attached hydrogen (secondary N) is 1. The van der Waals surface area contributed by atoms with E-state index in [1.807, 2.05) is 12.1 Å². The summed E-state index contributed by atoms with van der Waals surface area (Å²) in [5, 5.41) is 3.58. The summed E-state index contributed by atoms with van der Waals surface area (Å²) in [5.74, 6) is 0.360. The molecule has 0 bridgehead atoms. The Hall–Kier alpha value is -2.15. The lowest BCUT2D eigenvalue weighted by Gasteiger charge is -2.15. The van der Waals surface area contributed by atoms with E-state index in [-0.39, 0.29) is 17.8 Å². The van der Waals surface area contributed by atoms with Gasteiger partial charge in [-0.15, -0.1) is 0 Å². The second kappa shape index (κ2) is 8.03. The van der Waals surface area contributed by atoms with Gasteiger partial charge in [-0.05, 0) is 53.7 Å². The first kappa shape index (κ1) is 18.6. The quantitative estimate of drug-likeness (QED) is 0.696. The number of halogens is 2. The maximum atomic E-state index is 12.5. The molecule has 1 N–H and O–H groups in total. The van der Waals surface area contributed by atoms with Crippen LogP contribution in [0.15, 0.2) is 47.4 Å². The predicted molar refractivity (Wildman–Crippen MR) is 106 cm³/mol. The zero-order chi connectivity index (χ0) is 18.7. The molecule has 8 heteroatoms. The van der Waals surface area contributed by atoms with E-state index in [0.717, 1.165) is 28.0 Å². The summed E-state index contributed by atoms with van der Waals surface area (Å²) < 4.78 is 5.10. The van der Waals surface area contributed by atoms with E-state index in [1.165, 1.54) is 0 Å². The number of carbonyl (C=O) groups is 2. The zero-order valence-electron chi connectivity index (χ0n) is 13.7. The van der Waals surface area contributed by atoms with Crippen molar-refractivity contribution < 1.29 is 14.3 Å². The summed E-state index contributed by atoms with van der Waals surface area (Å²) in [4.78, 5) is 26.2. The van der Waals surface area contributed by atoms with Gasteiger partial charge in [0.05, 0.1) is 29.4 Å². The van der Waals surface area contributed by atoms with Crippen LogP contribution in [0.3, 0.4) is 0 Å². The number of ether oxygens (including phenoxy) is 1. The third-order valence-electron chi connectivity index (χ3n) is 3.64. The monoisotopic (exact) mass is 408 g/mol. The van der Waals surface area contributed by atoms with E-state index in [9.17, 15) is 9.59 Å². The average molecular weight is 409 g/mol. The highest BCUT2D eigenvalue weighted by atomic mass is 35.5. The molecule has 0 unspecified atom stereocenters. The van der Waals surface area contributed by atoms with Crippen LogP contribution in [0.25, 0.3) is 6.08 Å². The molecule has 1 heterocycles. The molecule has 134 valence electrons. The fraction of sp³-hybridized carbons (Fsp3) is 0.111. The van der Waals surface area contributed by atoms with Crippen molar-refractivity contribution in [3.05, 3.63) is 63.0 Å². The van der Waals surface area contributed by atoms with Crippen molar-refractivity contribution in [1.29, 1.82) is 0 Å². The second-order valence-corrected chi connectivity index (χ2v) is 7.18. The van der Waals surface area contributed by atoms with Gasteiger partial charge in [-0.1, -0.05) is 35.3 Å². The molecular weight excluding hydrogens is 395 g/mol. The summed E-state index contributed by atoms with van der Waals surface area (Å²) in [5.41, 5.74) is 1.36. The minimum atomic E-state index is -0.360. The molecule has 0 aromatic heterocycles. The molecule has 26 heavy (non-hydrogen) atoms. The molecule has 0 saturated carbocycles. The molecule has 0 spiro atoms. The first-order valence-corrected chi connectivity index (χ1v) is 9.13. The minimum Gasteiger partial charge on any atom is -0.497 e. The van der Waals surface area contributed by atoms with Gasteiger partial charge >= 0.3 is 0 Å². The van der Waals surface area contributed by atoms with Crippen molar-refractivity contribution in [3.63, 3.8) is 0 Å². The Morgan fingerprint density at radius 3 is 2.58 bits per heavy atom. The number of benzene rings is 2. The van der Waals surface area contributed by atoms with Gasteiger partial charge in [0.25, 0.3) is 11.1 Å². The molecule has 1 saturated heterocycles. The van der Waals surface area contributed by atoms with E-state index in [4.69, 9.17) is 27.9 Å². The molecule has 1 aliphatic heterocycles. The van der Waals surface area contributed by atoms with Gasteiger partial charge in [0, 0.05) is 5.02 Å². The van der Waals surface area contributed by atoms with Crippen molar-refractivity contribution >= 4 is 57.9 Å². The van der Waals surface area contributed by atoms with Crippen LogP contribution in [0.2, 0.25) is 10.0 Å². The largest absolute Gasteiger partial charge is 0.497 e. The number of rotatable bonds is 5. The summed E-state index contributed by atoms with van der Waals surface area (Å²) in [6.07, 6.45) is 1.68. The second-order valence-electron chi connectivity index (χ2n) is 5.34. The van der Waals surface area contributed by atoms with Gasteiger partial charge in [0.15, 0.2) is 0 Å². The Kier molecular flexibility index (Phi) is 5.76. The first-order chi connectivity index (χ1) is 12.5. The number of nitrogens with zero attached hydrogens (tertiary/aromatic N) is 1. The summed E-state index contributed by atoms with van der Waals surface area (Å²) in [6, 6.07) is 12.2. The average Bonchev–Trinajstić information content (AvgIpc) is 2.90. The highest BCUT2D eigenvalue weighted by molar-refractivity contribution is 8.18. The van der Waals surface area contributed by atoms with Crippen LogP contribution in [0.1, 0.15) is 5.56 Å². The first-order valence-electron chi connectivity index (χ1n) is 7.56. The molecule has 0 atom stereocenters. The molecular formula is C18H14Cl2N2O3S. The molecule has 5 nitrogen and oxygen atoms in total. The fourth-order valence-electron chi connectivity index (χ4n) is 2.29. The molecule has 1 aliphatic rings. The number of carbonyl (C=O) groups excluding carboxylic acids is 2. The van der Waals surface area contributed by atoms with Crippen LogP contribution >= 0.6 is 35.0 Å². The Morgan fingerprint density at radius 2 is 1.88 bits per heavy atom. The van der Waals surface area contributed by atoms with Crippen molar-refractivity contribution in [2.45, 2.75) is 0 Å². The van der Waals surface area contributed by atoms with Crippen LogP contribution in [0.5, 0.6) is 5.75 Å². The number of thioether (sulfide) groups is 1. The van der Waals surface area contributed by atoms with Crippen LogP contribution in [-0.2, 0) is 4.79 Å². The van der Waals surface area contributed by atoms with Crippen molar-refractivity contribution in [2.75, 3.05) is 19.1 Å². The normalized spacial score (nSPS) is 15.7. The SMILES string of the molecule is COc1ccc(/C=C2/SC(=O)N(CNc3cc(Cl)ccc3Cl)C2=O)cc1. The molecule has 2 aromatic carbocycles. The molecule has 2 amide bonds. The maximum Gasteiger partial charge on any atom is 0.295 e. The summed E-state index contributed by atoms with van der Waals surface area (Å²) in [6.45, 7) is 0.00464. The van der Waals surface area contributed by atoms with E-state index in [0.29, 0.717) is 20.6 Å². The third kappa shape index (κ3) is 4.15. The number of amides is 2. The predicted octanol–water partition coefficient (Wildman–Crippen LogP) is 5.11. The van der Waals surface area contributed by atoms with Gasteiger partial charge in [0.1, 0.15) is 5.75 Å². The van der Waals surface area contributed by atoms with Gasteiger partial charge < -0.3 is 10.1 Å². The summed E-state index contributed by atoms with van der Waals surface area (Å²) >= 11 is 12.9. The van der Waals surface area contributed by atoms with E-state index in [2.05, 4.69) is 5.32 Å². The van der Waals surface area contributed by atoms with E-state index in [1.54, 1.807) is 43.5 Å². The zero-order valence-corrected chi connectivity index (χ0v) is 16.0. The smallest absolute Gasteiger partial charge is 0.295 e. The molecule has 0 radical (unpaired) electrons. The number of hydrogen-bond donors (Lipinski definition) is 1.